The van der Waals surface area contributed by atoms with E-state index in [1.165, 1.54) is 18.1 Å². The Morgan fingerprint density at radius 1 is 1.38 bits per heavy atom. The number of hydrogen-bond donors (Lipinski definition) is 1. The van der Waals surface area contributed by atoms with Crippen LogP contribution in [0.3, 0.4) is 0 Å². The summed E-state index contributed by atoms with van der Waals surface area (Å²) in [6.45, 7) is 0.443. The van der Waals surface area contributed by atoms with E-state index in [1.807, 2.05) is 6.07 Å². The van der Waals surface area contributed by atoms with E-state index in [0.29, 0.717) is 15.7 Å². The van der Waals surface area contributed by atoms with Gasteiger partial charge < -0.3 is 15.4 Å². The fraction of sp³-hybridized carbons (Fsp3) is 0.294. The monoisotopic (exact) mass is 395 g/mol. The van der Waals surface area contributed by atoms with Gasteiger partial charge in [-0.1, -0.05) is 28.1 Å². The van der Waals surface area contributed by atoms with Gasteiger partial charge >= 0.3 is 0 Å². The van der Waals surface area contributed by atoms with Crippen LogP contribution in [0.25, 0.3) is 0 Å². The smallest absolute Gasteiger partial charge is 0.242 e. The average Bonchev–Trinajstić information content (AvgIpc) is 2.57. The minimum Gasteiger partial charge on any atom is -0.383 e. The van der Waals surface area contributed by atoms with Gasteiger partial charge in [0.25, 0.3) is 0 Å². The van der Waals surface area contributed by atoms with Crippen molar-refractivity contribution >= 4 is 21.8 Å². The van der Waals surface area contributed by atoms with Crippen molar-refractivity contribution in [3.05, 3.63) is 64.1 Å². The molecule has 1 heterocycles. The first-order valence-electron chi connectivity index (χ1n) is 7.38. The Bertz CT molecular complexity index is 685. The largest absolute Gasteiger partial charge is 0.383 e. The van der Waals surface area contributed by atoms with E-state index in [-0.39, 0.29) is 31.4 Å². The van der Waals surface area contributed by atoms with Gasteiger partial charge in [0, 0.05) is 29.9 Å². The second-order valence-corrected chi connectivity index (χ2v) is 6.23. The Morgan fingerprint density at radius 2 is 2.17 bits per heavy atom. The van der Waals surface area contributed by atoms with Crippen LogP contribution >= 0.6 is 15.9 Å². The van der Waals surface area contributed by atoms with Crippen molar-refractivity contribution in [1.29, 1.82) is 0 Å². The molecule has 0 spiro atoms. The SMILES string of the molecule is COCC(N)C(=O)N(Cc1ccccn1)Cc1ccc(Br)cc1F. The van der Waals surface area contributed by atoms with Crippen molar-refractivity contribution < 1.29 is 13.9 Å². The van der Waals surface area contributed by atoms with Crippen molar-refractivity contribution in [1.82, 2.24) is 9.88 Å². The van der Waals surface area contributed by atoms with Gasteiger partial charge in [0.1, 0.15) is 11.9 Å². The Labute approximate surface area is 148 Å². The number of pyridine rings is 1. The molecule has 2 N–H and O–H groups in total. The first-order valence-corrected chi connectivity index (χ1v) is 8.17. The number of methoxy groups -OCH3 is 1. The standard InChI is InChI=1S/C17H19BrFN3O2/c1-24-11-16(20)17(23)22(10-14-4-2-3-7-21-14)9-12-5-6-13(18)8-15(12)19/h2-8,16H,9-11,20H2,1H3. The molecular weight excluding hydrogens is 377 g/mol. The minimum atomic E-state index is -0.808. The molecule has 0 radical (unpaired) electrons. The van der Waals surface area contributed by atoms with Gasteiger partial charge in [-0.2, -0.15) is 0 Å². The van der Waals surface area contributed by atoms with Gasteiger partial charge in [0.15, 0.2) is 0 Å². The van der Waals surface area contributed by atoms with Crippen molar-refractivity contribution in [2.45, 2.75) is 19.1 Å². The van der Waals surface area contributed by atoms with E-state index in [4.69, 9.17) is 10.5 Å². The molecule has 24 heavy (non-hydrogen) atoms. The molecule has 0 bridgehead atoms. The normalized spacial score (nSPS) is 12.0. The summed E-state index contributed by atoms with van der Waals surface area (Å²) in [5.41, 5.74) is 6.97. The van der Waals surface area contributed by atoms with E-state index in [1.54, 1.807) is 30.5 Å². The van der Waals surface area contributed by atoms with Crippen LogP contribution in [0, 0.1) is 5.82 Å². The molecule has 5 nitrogen and oxygen atoms in total. The predicted molar refractivity (Wildman–Crippen MR) is 92.4 cm³/mol. The van der Waals surface area contributed by atoms with E-state index in [0.717, 1.165) is 0 Å². The second-order valence-electron chi connectivity index (χ2n) is 5.31. The molecule has 1 atom stereocenters. The third-order valence-electron chi connectivity index (χ3n) is 3.43. The predicted octanol–water partition coefficient (Wildman–Crippen LogP) is 2.49. The molecule has 0 aliphatic rings. The zero-order valence-corrected chi connectivity index (χ0v) is 14.9. The summed E-state index contributed by atoms with van der Waals surface area (Å²) in [6, 6.07) is 9.36. The summed E-state index contributed by atoms with van der Waals surface area (Å²) in [5.74, 6) is -0.701. The van der Waals surface area contributed by atoms with E-state index in [9.17, 15) is 9.18 Å². The topological polar surface area (TPSA) is 68.5 Å². The molecule has 1 unspecified atom stereocenters. The van der Waals surface area contributed by atoms with Gasteiger partial charge in [-0.05, 0) is 24.3 Å². The molecule has 0 aliphatic heterocycles. The lowest BCUT2D eigenvalue weighted by Crippen LogP contribution is -2.45. The summed E-state index contributed by atoms with van der Waals surface area (Å²) in [6.07, 6.45) is 1.65. The molecular formula is C17H19BrFN3O2. The number of carbonyl (C=O) groups excluding carboxylic acids is 1. The highest BCUT2D eigenvalue weighted by Crippen LogP contribution is 2.18. The number of halogens is 2. The number of nitrogens with zero attached hydrogens (tertiary/aromatic N) is 2. The molecule has 128 valence electrons. The zero-order valence-electron chi connectivity index (χ0n) is 13.3. The first-order chi connectivity index (χ1) is 11.5. The third kappa shape index (κ3) is 5.09. The van der Waals surface area contributed by atoms with Gasteiger partial charge in [-0.25, -0.2) is 4.39 Å². The second kappa shape index (κ2) is 8.86. The number of carbonyl (C=O) groups is 1. The number of rotatable bonds is 7. The highest BCUT2D eigenvalue weighted by molar-refractivity contribution is 9.10. The van der Waals surface area contributed by atoms with Crippen molar-refractivity contribution in [3.8, 4) is 0 Å². The maximum absolute atomic E-state index is 14.1. The number of nitrogens with two attached hydrogens (primary N) is 1. The number of ether oxygens (including phenoxy) is 1. The van der Waals surface area contributed by atoms with Gasteiger partial charge in [-0.3, -0.25) is 9.78 Å². The van der Waals surface area contributed by atoms with E-state index < -0.39 is 6.04 Å². The summed E-state index contributed by atoms with van der Waals surface area (Å²) in [5, 5.41) is 0. The first kappa shape index (κ1) is 18.5. The van der Waals surface area contributed by atoms with E-state index >= 15 is 0 Å². The third-order valence-corrected chi connectivity index (χ3v) is 3.92. The molecule has 0 aliphatic carbocycles. The number of benzene rings is 1. The van der Waals surface area contributed by atoms with Crippen LogP contribution in [-0.2, 0) is 22.6 Å². The molecule has 1 amide bonds. The van der Waals surface area contributed by atoms with Gasteiger partial charge in [0.05, 0.1) is 18.8 Å². The fourth-order valence-electron chi connectivity index (χ4n) is 2.24. The van der Waals surface area contributed by atoms with Crippen molar-refractivity contribution in [3.63, 3.8) is 0 Å². The molecule has 7 heteroatoms. The molecule has 1 aromatic carbocycles. The minimum absolute atomic E-state index is 0.0976. The van der Waals surface area contributed by atoms with Crippen LogP contribution in [0.4, 0.5) is 4.39 Å². The lowest BCUT2D eigenvalue weighted by atomic mass is 10.1. The Morgan fingerprint density at radius 3 is 2.79 bits per heavy atom. The van der Waals surface area contributed by atoms with Crippen LogP contribution in [0.1, 0.15) is 11.3 Å². The van der Waals surface area contributed by atoms with Gasteiger partial charge in [0.2, 0.25) is 5.91 Å². The van der Waals surface area contributed by atoms with Crippen LogP contribution < -0.4 is 5.73 Å². The lowest BCUT2D eigenvalue weighted by Gasteiger charge is -2.25. The summed E-state index contributed by atoms with van der Waals surface area (Å²) < 4.78 is 19.7. The molecule has 0 saturated carbocycles. The number of aromatic nitrogens is 1. The van der Waals surface area contributed by atoms with Crippen LogP contribution in [0.5, 0.6) is 0 Å². The highest BCUT2D eigenvalue weighted by Gasteiger charge is 2.22. The van der Waals surface area contributed by atoms with E-state index in [2.05, 4.69) is 20.9 Å². The highest BCUT2D eigenvalue weighted by atomic mass is 79.9. The van der Waals surface area contributed by atoms with Gasteiger partial charge in [-0.15, -0.1) is 0 Å². The summed E-state index contributed by atoms with van der Waals surface area (Å²) >= 11 is 3.22. The summed E-state index contributed by atoms with van der Waals surface area (Å²) in [4.78, 5) is 18.3. The quantitative estimate of drug-likeness (QED) is 0.781. The van der Waals surface area contributed by atoms with Crippen molar-refractivity contribution in [2.24, 2.45) is 5.73 Å². The summed E-state index contributed by atoms with van der Waals surface area (Å²) in [7, 11) is 1.48. The average molecular weight is 396 g/mol. The van der Waals surface area contributed by atoms with Crippen molar-refractivity contribution in [2.75, 3.05) is 13.7 Å². The molecule has 2 rings (SSSR count). The Hall–Kier alpha value is -1.83. The number of amides is 1. The number of hydrogen-bond acceptors (Lipinski definition) is 4. The van der Waals surface area contributed by atoms with Crippen LogP contribution in [0.2, 0.25) is 0 Å². The lowest BCUT2D eigenvalue weighted by molar-refractivity contribution is -0.135. The van der Waals surface area contributed by atoms with Crippen LogP contribution in [0.15, 0.2) is 47.1 Å². The molecule has 0 fully saturated rings. The fourth-order valence-corrected chi connectivity index (χ4v) is 2.57. The Kier molecular flexibility index (Phi) is 6.84. The zero-order chi connectivity index (χ0) is 17.5. The maximum atomic E-state index is 14.1. The molecule has 1 aromatic heterocycles. The molecule has 2 aromatic rings. The Balaban J connectivity index is 2.22. The molecule has 0 saturated heterocycles. The van der Waals surface area contributed by atoms with Crippen LogP contribution in [-0.4, -0.2) is 35.5 Å². The maximum Gasteiger partial charge on any atom is 0.242 e.